The van der Waals surface area contributed by atoms with Gasteiger partial charge < -0.3 is 19.5 Å². The van der Waals surface area contributed by atoms with Gasteiger partial charge in [0.15, 0.2) is 11.5 Å². The Morgan fingerprint density at radius 1 is 1.03 bits per heavy atom. The number of nitrogens with zero attached hydrogens (tertiary/aromatic N) is 2. The lowest BCUT2D eigenvalue weighted by atomic mass is 9.79. The van der Waals surface area contributed by atoms with Crippen LogP contribution in [0.5, 0.6) is 17.2 Å². The van der Waals surface area contributed by atoms with Crippen LogP contribution in [-0.2, 0) is 10.0 Å². The lowest BCUT2D eigenvalue weighted by Crippen LogP contribution is -2.41. The predicted molar refractivity (Wildman–Crippen MR) is 153 cm³/mol. The quantitative estimate of drug-likeness (QED) is 0.413. The van der Waals surface area contributed by atoms with E-state index in [9.17, 15) is 13.5 Å². The minimum absolute atomic E-state index is 0.0408. The first kappa shape index (κ1) is 27.0. The number of fused-ring (bicyclic) bond motifs is 3. The van der Waals surface area contributed by atoms with E-state index in [-0.39, 0.29) is 22.6 Å². The van der Waals surface area contributed by atoms with E-state index in [0.29, 0.717) is 30.2 Å². The van der Waals surface area contributed by atoms with Gasteiger partial charge in [-0.3, -0.25) is 9.71 Å². The fourth-order valence-corrected chi connectivity index (χ4v) is 6.76. The van der Waals surface area contributed by atoms with Crippen molar-refractivity contribution in [1.82, 2.24) is 4.90 Å². The van der Waals surface area contributed by atoms with Gasteiger partial charge in [0, 0.05) is 35.3 Å². The van der Waals surface area contributed by atoms with Gasteiger partial charge in [0.25, 0.3) is 10.0 Å². The molecule has 0 unspecified atom stereocenters. The van der Waals surface area contributed by atoms with Crippen LogP contribution in [0.1, 0.15) is 48.4 Å². The standard InChI is InChI=1S/C30H35N3O5S/c1-5-37-27-16-23-24(17-28(27)38-6-2)30(31-26-13-14-33(4)18-25(23)26)20-8-10-21(11-9-20)32-39(35,36)29-15-22(34)12-7-19(29)3/h7-12,15-17,25-26,32,34H,5-6,13-14,18H2,1-4H3/t25-,26-/m1/s1. The number of aromatic hydroxyl groups is 1. The zero-order valence-corrected chi connectivity index (χ0v) is 23.6. The fourth-order valence-electron chi connectivity index (χ4n) is 5.44. The lowest BCUT2D eigenvalue weighted by Gasteiger charge is -2.39. The van der Waals surface area contributed by atoms with Crippen LogP contribution in [-0.4, -0.2) is 63.5 Å². The van der Waals surface area contributed by atoms with Gasteiger partial charge in [0.1, 0.15) is 5.75 Å². The summed E-state index contributed by atoms with van der Waals surface area (Å²) in [4.78, 5) is 7.61. The number of rotatable bonds is 8. The summed E-state index contributed by atoms with van der Waals surface area (Å²) >= 11 is 0. The summed E-state index contributed by atoms with van der Waals surface area (Å²) in [5.41, 5.74) is 4.97. The molecule has 2 aliphatic rings. The Hall–Kier alpha value is -3.56. The highest BCUT2D eigenvalue weighted by Crippen LogP contribution is 2.42. The molecule has 2 atom stereocenters. The van der Waals surface area contributed by atoms with Crippen molar-refractivity contribution in [2.24, 2.45) is 4.99 Å². The highest BCUT2D eigenvalue weighted by Gasteiger charge is 2.36. The third-order valence-electron chi connectivity index (χ3n) is 7.32. The number of ether oxygens (including phenoxy) is 2. The van der Waals surface area contributed by atoms with E-state index in [2.05, 4.69) is 22.7 Å². The Kier molecular flexibility index (Phi) is 7.55. The Morgan fingerprint density at radius 3 is 2.41 bits per heavy atom. The molecule has 0 spiro atoms. The molecule has 0 saturated carbocycles. The van der Waals surface area contributed by atoms with Gasteiger partial charge in [-0.2, -0.15) is 0 Å². The van der Waals surface area contributed by atoms with E-state index in [1.807, 2.05) is 32.0 Å². The smallest absolute Gasteiger partial charge is 0.262 e. The zero-order valence-electron chi connectivity index (χ0n) is 22.8. The molecule has 0 aromatic heterocycles. The van der Waals surface area contributed by atoms with Crippen LogP contribution in [0, 0.1) is 6.92 Å². The molecule has 0 radical (unpaired) electrons. The number of phenolic OH excluding ortho intramolecular Hbond substituents is 1. The van der Waals surface area contributed by atoms with Gasteiger partial charge >= 0.3 is 0 Å². The number of likely N-dealkylation sites (tertiary alicyclic amines) is 1. The second-order valence-electron chi connectivity index (χ2n) is 10.1. The second-order valence-corrected chi connectivity index (χ2v) is 11.7. The van der Waals surface area contributed by atoms with Gasteiger partial charge in [-0.1, -0.05) is 18.2 Å². The van der Waals surface area contributed by atoms with Gasteiger partial charge in [0.2, 0.25) is 0 Å². The van der Waals surface area contributed by atoms with E-state index >= 15 is 0 Å². The molecule has 9 heteroatoms. The summed E-state index contributed by atoms with van der Waals surface area (Å²) in [6, 6.07) is 15.9. The summed E-state index contributed by atoms with van der Waals surface area (Å²) in [5, 5.41) is 9.80. The Bertz CT molecular complexity index is 1500. The van der Waals surface area contributed by atoms with Crippen LogP contribution in [0.25, 0.3) is 0 Å². The van der Waals surface area contributed by atoms with E-state index in [0.717, 1.165) is 42.1 Å². The van der Waals surface area contributed by atoms with Crippen molar-refractivity contribution in [1.29, 1.82) is 0 Å². The molecule has 206 valence electrons. The maximum absolute atomic E-state index is 13.0. The van der Waals surface area contributed by atoms with Crippen molar-refractivity contribution in [2.45, 2.75) is 44.0 Å². The molecule has 0 aliphatic carbocycles. The molecular formula is C30H35N3O5S. The number of hydrogen-bond acceptors (Lipinski definition) is 7. The molecular weight excluding hydrogens is 514 g/mol. The van der Waals surface area contributed by atoms with Crippen molar-refractivity contribution >= 4 is 21.4 Å². The van der Waals surface area contributed by atoms with E-state index in [4.69, 9.17) is 14.5 Å². The lowest BCUT2D eigenvalue weighted by molar-refractivity contribution is 0.226. The highest BCUT2D eigenvalue weighted by atomic mass is 32.2. The third-order valence-corrected chi connectivity index (χ3v) is 8.84. The maximum Gasteiger partial charge on any atom is 0.262 e. The molecule has 5 rings (SSSR count). The van der Waals surface area contributed by atoms with Gasteiger partial charge in [-0.15, -0.1) is 0 Å². The molecule has 39 heavy (non-hydrogen) atoms. The first-order valence-corrected chi connectivity index (χ1v) is 14.8. The number of likely N-dealkylation sites (N-methyl/N-ethyl adjacent to an activating group) is 1. The normalized spacial score (nSPS) is 19.0. The average Bonchev–Trinajstić information content (AvgIpc) is 2.91. The monoisotopic (exact) mass is 549 g/mol. The largest absolute Gasteiger partial charge is 0.508 e. The zero-order chi connectivity index (χ0) is 27.7. The Balaban J connectivity index is 1.51. The minimum atomic E-state index is -3.87. The van der Waals surface area contributed by atoms with E-state index in [1.165, 1.54) is 17.7 Å². The Morgan fingerprint density at radius 2 is 1.72 bits per heavy atom. The fraction of sp³-hybridized carbons (Fsp3) is 0.367. The minimum Gasteiger partial charge on any atom is -0.508 e. The molecule has 1 saturated heterocycles. The third kappa shape index (κ3) is 5.46. The van der Waals surface area contributed by atoms with Crippen LogP contribution >= 0.6 is 0 Å². The second kappa shape index (κ2) is 10.9. The highest BCUT2D eigenvalue weighted by molar-refractivity contribution is 7.92. The summed E-state index contributed by atoms with van der Waals surface area (Å²) in [6.45, 7) is 8.59. The maximum atomic E-state index is 13.0. The van der Waals surface area contributed by atoms with Crippen molar-refractivity contribution in [3.8, 4) is 17.2 Å². The van der Waals surface area contributed by atoms with Gasteiger partial charge in [0.05, 0.1) is 29.9 Å². The molecule has 3 aromatic carbocycles. The van der Waals surface area contributed by atoms with Crippen molar-refractivity contribution < 1.29 is 23.0 Å². The SMILES string of the molecule is CCOc1cc2c(cc1OCC)[C@H]1CN(C)CC[C@H]1N=C2c1ccc(NS(=O)(=O)c2cc(O)ccc2C)cc1. The molecule has 8 nitrogen and oxygen atoms in total. The first-order chi connectivity index (χ1) is 18.7. The van der Waals surface area contributed by atoms with Crippen LogP contribution in [0.4, 0.5) is 5.69 Å². The number of hydrogen-bond donors (Lipinski definition) is 2. The number of aliphatic imine (C=N–C) groups is 1. The average molecular weight is 550 g/mol. The van der Waals surface area contributed by atoms with Crippen LogP contribution in [0.3, 0.4) is 0 Å². The number of nitrogens with one attached hydrogen (secondary N) is 1. The topological polar surface area (TPSA) is 100 Å². The van der Waals surface area contributed by atoms with Gasteiger partial charge in [-0.05, 0) is 82.2 Å². The van der Waals surface area contributed by atoms with E-state index in [1.54, 1.807) is 25.1 Å². The first-order valence-electron chi connectivity index (χ1n) is 13.3. The molecule has 0 amide bonds. The molecule has 3 aromatic rings. The number of anilines is 1. The van der Waals surface area contributed by atoms with Crippen LogP contribution in [0.15, 0.2) is 64.5 Å². The summed E-state index contributed by atoms with van der Waals surface area (Å²) in [7, 11) is -1.73. The molecule has 1 fully saturated rings. The number of aryl methyl sites for hydroxylation is 1. The summed E-state index contributed by atoms with van der Waals surface area (Å²) in [5.74, 6) is 1.60. The molecule has 2 N–H and O–H groups in total. The number of piperidine rings is 1. The number of phenols is 1. The Labute approximate surface area is 230 Å². The van der Waals surface area contributed by atoms with Crippen LogP contribution < -0.4 is 14.2 Å². The summed E-state index contributed by atoms with van der Waals surface area (Å²) < 4.78 is 40.6. The molecule has 2 heterocycles. The molecule has 2 aliphatic heterocycles. The number of benzene rings is 3. The van der Waals surface area contributed by atoms with Crippen molar-refractivity contribution in [3.05, 3.63) is 76.9 Å². The van der Waals surface area contributed by atoms with Crippen molar-refractivity contribution in [3.63, 3.8) is 0 Å². The molecule has 0 bridgehead atoms. The van der Waals surface area contributed by atoms with Crippen LogP contribution in [0.2, 0.25) is 0 Å². The predicted octanol–water partition coefficient (Wildman–Crippen LogP) is 4.94. The number of sulfonamides is 1. The summed E-state index contributed by atoms with van der Waals surface area (Å²) in [6.07, 6.45) is 0.961. The van der Waals surface area contributed by atoms with Crippen molar-refractivity contribution in [2.75, 3.05) is 38.1 Å². The van der Waals surface area contributed by atoms with E-state index < -0.39 is 10.0 Å². The van der Waals surface area contributed by atoms with Gasteiger partial charge in [-0.25, -0.2) is 8.42 Å².